The molecule has 0 unspecified atom stereocenters. The molecule has 1 aromatic carbocycles. The Labute approximate surface area is 107 Å². The molecule has 0 spiro atoms. The second-order valence-electron chi connectivity index (χ2n) is 3.28. The fraction of sp³-hybridized carbons (Fsp3) is 0.182. The molecule has 0 bridgehead atoms. The molecule has 7 heteroatoms. The Bertz CT molecular complexity index is 523. The molecule has 0 aliphatic carbocycles. The van der Waals surface area contributed by atoms with Crippen molar-refractivity contribution in [3.8, 4) is 11.5 Å². The normalized spacial score (nSPS) is 9.72. The van der Waals surface area contributed by atoms with Crippen LogP contribution in [0.2, 0.25) is 5.02 Å². The summed E-state index contributed by atoms with van der Waals surface area (Å²) >= 11 is 5.77. The molecule has 0 saturated heterocycles. The molecule has 0 amide bonds. The molecular weight excluding hydrogens is 264 g/mol. The number of esters is 2. The van der Waals surface area contributed by atoms with Crippen molar-refractivity contribution in [2.45, 2.75) is 13.8 Å². The van der Waals surface area contributed by atoms with E-state index < -0.39 is 17.9 Å². The molecule has 0 fully saturated rings. The molecule has 0 saturated carbocycles. The Morgan fingerprint density at radius 1 is 1.11 bits per heavy atom. The van der Waals surface area contributed by atoms with Crippen LogP contribution in [0.3, 0.4) is 0 Å². The first kappa shape index (κ1) is 14.0. The lowest BCUT2D eigenvalue weighted by Crippen LogP contribution is -2.09. The summed E-state index contributed by atoms with van der Waals surface area (Å²) in [5.74, 6) is -3.03. The highest BCUT2D eigenvalue weighted by Crippen LogP contribution is 2.36. The number of benzene rings is 1. The van der Waals surface area contributed by atoms with E-state index in [1.54, 1.807) is 0 Å². The Kier molecular flexibility index (Phi) is 4.28. The van der Waals surface area contributed by atoms with E-state index in [-0.39, 0.29) is 22.1 Å². The zero-order chi connectivity index (χ0) is 13.9. The number of aromatic carboxylic acids is 1. The minimum Gasteiger partial charge on any atom is -0.478 e. The maximum absolute atomic E-state index is 10.9. The van der Waals surface area contributed by atoms with Crippen LogP contribution in [0.4, 0.5) is 0 Å². The predicted octanol–water partition coefficient (Wildman–Crippen LogP) is 1.89. The lowest BCUT2D eigenvalue weighted by molar-refractivity contribution is -0.134. The number of hydrogen-bond acceptors (Lipinski definition) is 5. The van der Waals surface area contributed by atoms with Gasteiger partial charge in [0.15, 0.2) is 11.5 Å². The molecule has 1 N–H and O–H groups in total. The van der Waals surface area contributed by atoms with Gasteiger partial charge in [-0.05, 0) is 12.1 Å². The summed E-state index contributed by atoms with van der Waals surface area (Å²) in [5, 5.41) is 8.70. The van der Waals surface area contributed by atoms with Crippen LogP contribution in [-0.2, 0) is 9.59 Å². The number of carbonyl (C=O) groups excluding carboxylic acids is 2. The Morgan fingerprint density at radius 2 is 1.67 bits per heavy atom. The van der Waals surface area contributed by atoms with Gasteiger partial charge < -0.3 is 14.6 Å². The average Bonchev–Trinajstić information content (AvgIpc) is 2.21. The molecule has 6 nitrogen and oxygen atoms in total. The number of ether oxygens (including phenoxy) is 2. The van der Waals surface area contributed by atoms with Crippen LogP contribution in [-0.4, -0.2) is 23.0 Å². The van der Waals surface area contributed by atoms with Gasteiger partial charge in [0.25, 0.3) is 0 Å². The fourth-order valence-corrected chi connectivity index (χ4v) is 1.41. The van der Waals surface area contributed by atoms with Crippen molar-refractivity contribution in [1.29, 1.82) is 0 Å². The summed E-state index contributed by atoms with van der Waals surface area (Å²) in [6.45, 7) is 2.26. The quantitative estimate of drug-likeness (QED) is 0.667. The first-order valence-corrected chi connectivity index (χ1v) is 5.12. The maximum Gasteiger partial charge on any atom is 0.335 e. The Morgan fingerprint density at radius 3 is 2.11 bits per heavy atom. The number of carbonyl (C=O) groups is 3. The number of hydrogen-bond donors (Lipinski definition) is 1. The summed E-state index contributed by atoms with van der Waals surface area (Å²) in [6, 6.07) is 2.14. The van der Waals surface area contributed by atoms with E-state index in [9.17, 15) is 14.4 Å². The second kappa shape index (κ2) is 5.50. The summed E-state index contributed by atoms with van der Waals surface area (Å²) in [7, 11) is 0. The molecule has 18 heavy (non-hydrogen) atoms. The second-order valence-corrected chi connectivity index (χ2v) is 3.68. The van der Waals surface area contributed by atoms with Crippen LogP contribution in [0.1, 0.15) is 24.2 Å². The Hall–Kier alpha value is -2.08. The predicted molar refractivity (Wildman–Crippen MR) is 61.0 cm³/mol. The lowest BCUT2D eigenvalue weighted by atomic mass is 10.2. The van der Waals surface area contributed by atoms with E-state index in [0.717, 1.165) is 26.0 Å². The van der Waals surface area contributed by atoms with Gasteiger partial charge in [-0.2, -0.15) is 0 Å². The SMILES string of the molecule is CC(=O)Oc1cc(C(=O)O)cc(Cl)c1OC(C)=O. The van der Waals surface area contributed by atoms with E-state index in [1.165, 1.54) is 0 Å². The molecule has 0 atom stereocenters. The van der Waals surface area contributed by atoms with Gasteiger partial charge in [0, 0.05) is 13.8 Å². The van der Waals surface area contributed by atoms with Gasteiger partial charge in [0.2, 0.25) is 0 Å². The third-order valence-electron chi connectivity index (χ3n) is 1.76. The highest BCUT2D eigenvalue weighted by molar-refractivity contribution is 6.32. The number of halogens is 1. The van der Waals surface area contributed by atoms with Gasteiger partial charge in [0.1, 0.15) is 0 Å². The van der Waals surface area contributed by atoms with Crippen LogP contribution in [0, 0.1) is 0 Å². The molecular formula is C11H9ClO6. The van der Waals surface area contributed by atoms with Crippen LogP contribution in [0.5, 0.6) is 11.5 Å². The van der Waals surface area contributed by atoms with Crippen LogP contribution in [0.15, 0.2) is 12.1 Å². The highest BCUT2D eigenvalue weighted by Gasteiger charge is 2.18. The first-order valence-electron chi connectivity index (χ1n) is 4.75. The average molecular weight is 273 g/mol. The van der Waals surface area contributed by atoms with Crippen molar-refractivity contribution >= 4 is 29.5 Å². The molecule has 1 rings (SSSR count). The van der Waals surface area contributed by atoms with Crippen LogP contribution in [0.25, 0.3) is 0 Å². The molecule has 0 aliphatic heterocycles. The monoisotopic (exact) mass is 272 g/mol. The summed E-state index contributed by atoms with van der Waals surface area (Å²) in [6.07, 6.45) is 0. The fourth-order valence-electron chi connectivity index (χ4n) is 1.17. The molecule has 0 aromatic heterocycles. The van der Waals surface area contributed by atoms with E-state index in [1.807, 2.05) is 0 Å². The van der Waals surface area contributed by atoms with E-state index in [0.29, 0.717) is 0 Å². The van der Waals surface area contributed by atoms with Crippen molar-refractivity contribution in [1.82, 2.24) is 0 Å². The van der Waals surface area contributed by atoms with E-state index >= 15 is 0 Å². The summed E-state index contributed by atoms with van der Waals surface area (Å²) in [5.41, 5.74) is -0.188. The number of carboxylic acid groups (broad SMARTS) is 1. The van der Waals surface area contributed by atoms with Crippen molar-refractivity contribution in [3.63, 3.8) is 0 Å². The summed E-state index contributed by atoms with van der Waals surface area (Å²) < 4.78 is 9.52. The van der Waals surface area contributed by atoms with Gasteiger partial charge in [-0.15, -0.1) is 0 Å². The highest BCUT2D eigenvalue weighted by atomic mass is 35.5. The van der Waals surface area contributed by atoms with Crippen LogP contribution >= 0.6 is 11.6 Å². The zero-order valence-electron chi connectivity index (χ0n) is 9.52. The molecule has 0 heterocycles. The third-order valence-corrected chi connectivity index (χ3v) is 2.04. The van der Waals surface area contributed by atoms with Gasteiger partial charge in [0.05, 0.1) is 10.6 Å². The van der Waals surface area contributed by atoms with E-state index in [4.69, 9.17) is 26.2 Å². The Balaban J connectivity index is 3.33. The molecule has 0 aliphatic rings. The zero-order valence-corrected chi connectivity index (χ0v) is 10.3. The van der Waals surface area contributed by atoms with Gasteiger partial charge in [-0.1, -0.05) is 11.6 Å². The van der Waals surface area contributed by atoms with Crippen molar-refractivity contribution in [3.05, 3.63) is 22.7 Å². The standard InChI is InChI=1S/C11H9ClO6/c1-5(13)17-9-4-7(11(15)16)3-8(12)10(9)18-6(2)14/h3-4H,1-2H3,(H,15,16). The van der Waals surface area contributed by atoms with Crippen LogP contribution < -0.4 is 9.47 Å². The topological polar surface area (TPSA) is 89.9 Å². The van der Waals surface area contributed by atoms with Gasteiger partial charge in [-0.25, -0.2) is 4.79 Å². The molecule has 96 valence electrons. The van der Waals surface area contributed by atoms with E-state index in [2.05, 4.69) is 0 Å². The maximum atomic E-state index is 10.9. The minimum atomic E-state index is -1.25. The van der Waals surface area contributed by atoms with Crippen molar-refractivity contribution in [2.75, 3.05) is 0 Å². The smallest absolute Gasteiger partial charge is 0.335 e. The largest absolute Gasteiger partial charge is 0.478 e. The summed E-state index contributed by atoms with van der Waals surface area (Å²) in [4.78, 5) is 32.6. The number of carboxylic acids is 1. The molecule has 1 aromatic rings. The van der Waals surface area contributed by atoms with Crippen molar-refractivity contribution < 1.29 is 29.0 Å². The van der Waals surface area contributed by atoms with Gasteiger partial charge in [-0.3, -0.25) is 9.59 Å². The number of rotatable bonds is 3. The third kappa shape index (κ3) is 3.46. The first-order chi connectivity index (χ1) is 8.31. The molecule has 0 radical (unpaired) electrons. The van der Waals surface area contributed by atoms with Crippen molar-refractivity contribution in [2.24, 2.45) is 0 Å². The van der Waals surface area contributed by atoms with Gasteiger partial charge >= 0.3 is 17.9 Å². The minimum absolute atomic E-state index is 0.138. The lowest BCUT2D eigenvalue weighted by Gasteiger charge is -2.11.